The van der Waals surface area contributed by atoms with E-state index in [0.717, 1.165) is 0 Å². The van der Waals surface area contributed by atoms with Gasteiger partial charge in [-0.1, -0.05) is 0 Å². The molecule has 24 nitrogen and oxygen atoms in total. The molecule has 37 heavy (non-hydrogen) atoms. The Bertz CT molecular complexity index is 824. The first kappa shape index (κ1) is 38.2. The maximum atomic E-state index is 11.4. The first-order valence-electron chi connectivity index (χ1n) is 8.01. The van der Waals surface area contributed by atoms with Crippen LogP contribution >= 0.6 is 46.9 Å². The average molecular weight is 716 g/mol. The third kappa shape index (κ3) is 15.1. The summed E-state index contributed by atoms with van der Waals surface area (Å²) in [5.41, 5.74) is 0. The third-order valence-corrected chi connectivity index (χ3v) is 6.61. The minimum absolute atomic E-state index is 0. The summed E-state index contributed by atoms with van der Waals surface area (Å²) in [4.78, 5) is 110. The molecule has 0 atom stereocenters. The summed E-state index contributed by atoms with van der Waals surface area (Å²) < 4.78 is 93.1. The van der Waals surface area contributed by atoms with E-state index in [2.05, 4.69) is 27.1 Å². The second kappa shape index (κ2) is 13.0. The molecule has 0 spiro atoms. The summed E-state index contributed by atoms with van der Waals surface area (Å²) in [6, 6.07) is 0. The van der Waals surface area contributed by atoms with E-state index in [1.165, 1.54) is 0 Å². The molecule has 0 unspecified atom stereocenters. The van der Waals surface area contributed by atoms with E-state index < -0.39 is 83.6 Å². The van der Waals surface area contributed by atoms with Gasteiger partial charge < -0.3 is 58.7 Å². The topological polar surface area (TPSA) is 401 Å². The first-order valence-corrected chi connectivity index (χ1v) is 17.2. The van der Waals surface area contributed by atoms with Crippen molar-refractivity contribution in [2.24, 2.45) is 0 Å². The van der Waals surface area contributed by atoms with Gasteiger partial charge in [0, 0.05) is 0 Å². The van der Waals surface area contributed by atoms with Crippen molar-refractivity contribution in [3.63, 3.8) is 0 Å². The number of hydrogen-bond acceptors (Lipinski definition) is 12. The van der Waals surface area contributed by atoms with Gasteiger partial charge in [-0.15, -0.1) is 0 Å². The number of rotatable bonds is 12. The Morgan fingerprint density at radius 2 is 0.378 bits per heavy atom. The predicted octanol–water partition coefficient (Wildman–Crippen LogP) is -3.14. The minimum atomic E-state index is -6.02. The zero-order valence-electron chi connectivity index (χ0n) is 16.8. The van der Waals surface area contributed by atoms with Crippen LogP contribution in [0, 0.1) is 0 Å². The van der Waals surface area contributed by atoms with Gasteiger partial charge in [0.2, 0.25) is 0 Å². The van der Waals surface area contributed by atoms with Crippen LogP contribution in [0.15, 0.2) is 0 Å². The van der Waals surface area contributed by atoms with E-state index in [0.29, 0.717) is 0 Å². The maximum Gasteiger partial charge on any atom is 3.00 e. The van der Waals surface area contributed by atoms with Gasteiger partial charge in [0.25, 0.3) is 0 Å². The minimum Gasteiger partial charge on any atom is -0.303 e. The standard InChI is InChI=1S/C6H18O24P6.Fe/c7-31(8,9)25-1-2(26-32(10,11)12)4(28-34(16,17)18)6(30-36(22,23)24)5(29-35(19,20)21)3(1)27-33(13,14)15;/h1-6H,(H2,7,8,9)(H2,10,11,12)(H2,13,14,15)(H2,16,17,18)(H2,19,20,21)(H2,22,23,24);/q;+3. The zero-order valence-corrected chi connectivity index (χ0v) is 23.2. The maximum absolute atomic E-state index is 11.4. The molecule has 0 aromatic carbocycles. The molecule has 1 fully saturated rings. The average Bonchev–Trinajstić information content (AvgIpc) is 2.51. The molecule has 1 rings (SSSR count). The van der Waals surface area contributed by atoms with Crippen molar-refractivity contribution >= 4 is 46.9 Å². The second-order valence-electron chi connectivity index (χ2n) is 6.36. The van der Waals surface area contributed by atoms with E-state index in [4.69, 9.17) is 58.7 Å². The summed E-state index contributed by atoms with van der Waals surface area (Å²) in [6.45, 7) is 0. The molecule has 1 radical (unpaired) electrons. The Kier molecular flexibility index (Phi) is 13.4. The molecule has 1 saturated carbocycles. The molecular weight excluding hydrogens is 698 g/mol. The van der Waals surface area contributed by atoms with Crippen LogP contribution in [0.5, 0.6) is 0 Å². The summed E-state index contributed by atoms with van der Waals surface area (Å²) in [5.74, 6) is 0. The molecule has 0 bridgehead atoms. The van der Waals surface area contributed by atoms with Crippen LogP contribution in [-0.4, -0.2) is 95.3 Å². The Balaban J connectivity index is 0.0000130. The van der Waals surface area contributed by atoms with E-state index in [1.807, 2.05) is 0 Å². The van der Waals surface area contributed by atoms with Crippen LogP contribution in [0.3, 0.4) is 0 Å². The molecule has 0 saturated heterocycles. The SMILES string of the molecule is O=P(O)(O)OC1C(OP(=O)(O)O)C(OP(=O)(O)O)C(OP(=O)(O)O)C(OP(=O)(O)O)C1OP(=O)(O)O.[Fe+3]. The van der Waals surface area contributed by atoms with Gasteiger partial charge in [0.1, 0.15) is 36.6 Å². The Labute approximate surface area is 214 Å². The fourth-order valence-corrected chi connectivity index (χ4v) is 6.14. The predicted molar refractivity (Wildman–Crippen MR) is 102 cm³/mol. The molecule has 31 heteroatoms. The van der Waals surface area contributed by atoms with Crippen LogP contribution in [0.25, 0.3) is 0 Å². The van der Waals surface area contributed by atoms with Crippen LogP contribution in [0.2, 0.25) is 0 Å². The number of hydrogen-bond donors (Lipinski definition) is 12. The second-order valence-corrected chi connectivity index (χ2v) is 13.5. The summed E-state index contributed by atoms with van der Waals surface area (Å²) in [7, 11) is -36.1. The van der Waals surface area contributed by atoms with Gasteiger partial charge >= 0.3 is 64.0 Å². The van der Waals surface area contributed by atoms with Crippen molar-refractivity contribution in [1.29, 1.82) is 0 Å². The molecule has 0 aromatic heterocycles. The van der Waals surface area contributed by atoms with Gasteiger partial charge in [-0.2, -0.15) is 0 Å². The first-order chi connectivity index (χ1) is 15.6. The Morgan fingerprint density at radius 3 is 0.432 bits per heavy atom. The summed E-state index contributed by atoms with van der Waals surface area (Å²) in [6.07, 6.45) is -18.9. The zero-order chi connectivity index (χ0) is 28.7. The van der Waals surface area contributed by atoms with Crippen molar-refractivity contribution in [1.82, 2.24) is 0 Å². The number of phosphoric acid groups is 6. The normalized spacial score (nSPS) is 28.5. The van der Waals surface area contributed by atoms with E-state index in [1.54, 1.807) is 0 Å². The molecule has 0 amide bonds. The third-order valence-electron chi connectivity index (χ3n) is 3.50. The monoisotopic (exact) mass is 716 g/mol. The molecular formula is C6H18FeO24P6+3. The number of phosphoric ester groups is 6. The fourth-order valence-electron chi connectivity index (χ4n) is 2.79. The van der Waals surface area contributed by atoms with Crippen molar-refractivity contribution in [3.05, 3.63) is 0 Å². The van der Waals surface area contributed by atoms with Crippen molar-refractivity contribution in [2.45, 2.75) is 36.6 Å². The Hall–Kier alpha value is 1.18. The quantitative estimate of drug-likeness (QED) is 0.0701. The van der Waals surface area contributed by atoms with Crippen LogP contribution in [0.1, 0.15) is 0 Å². The van der Waals surface area contributed by atoms with E-state index in [9.17, 15) is 27.4 Å². The molecule has 0 aliphatic heterocycles. The van der Waals surface area contributed by atoms with Crippen molar-refractivity contribution < 1.29 is 130 Å². The summed E-state index contributed by atoms with van der Waals surface area (Å²) >= 11 is 0. The smallest absolute Gasteiger partial charge is 0.303 e. The largest absolute Gasteiger partial charge is 3.00 e. The van der Waals surface area contributed by atoms with Gasteiger partial charge in [-0.05, 0) is 0 Å². The Morgan fingerprint density at radius 1 is 0.297 bits per heavy atom. The fraction of sp³-hybridized carbons (Fsp3) is 1.00. The van der Waals surface area contributed by atoms with Gasteiger partial charge in [-0.25, -0.2) is 27.4 Å². The summed E-state index contributed by atoms with van der Waals surface area (Å²) in [5, 5.41) is 0. The van der Waals surface area contributed by atoms with Crippen molar-refractivity contribution in [3.8, 4) is 0 Å². The van der Waals surface area contributed by atoms with Crippen LogP contribution in [-0.2, 0) is 71.6 Å². The van der Waals surface area contributed by atoms with Gasteiger partial charge in [-0.3, -0.25) is 27.1 Å². The molecule has 0 aromatic rings. The van der Waals surface area contributed by atoms with Gasteiger partial charge in [0.15, 0.2) is 0 Å². The van der Waals surface area contributed by atoms with Gasteiger partial charge in [0.05, 0.1) is 0 Å². The van der Waals surface area contributed by atoms with Crippen LogP contribution < -0.4 is 0 Å². The molecule has 0 heterocycles. The molecule has 12 N–H and O–H groups in total. The van der Waals surface area contributed by atoms with Crippen LogP contribution in [0.4, 0.5) is 0 Å². The van der Waals surface area contributed by atoms with Crippen molar-refractivity contribution in [2.75, 3.05) is 0 Å². The molecule has 221 valence electrons. The van der Waals surface area contributed by atoms with E-state index >= 15 is 0 Å². The molecule has 1 aliphatic carbocycles. The van der Waals surface area contributed by atoms with E-state index in [-0.39, 0.29) is 17.1 Å². The molecule has 1 aliphatic rings.